The molecule has 1 unspecified atom stereocenters. The van der Waals surface area contributed by atoms with Gasteiger partial charge in [-0.1, -0.05) is 61.9 Å². The second-order valence-corrected chi connectivity index (χ2v) is 10.2. The summed E-state index contributed by atoms with van der Waals surface area (Å²) in [6, 6.07) is 16.1. The first-order valence-electron chi connectivity index (χ1n) is 12.5. The number of carbonyl (C=O) groups is 3. The smallest absolute Gasteiger partial charge is 0.407 e. The molecule has 3 aliphatic rings. The highest BCUT2D eigenvalue weighted by atomic mass is 16.5. The van der Waals surface area contributed by atoms with E-state index in [0.29, 0.717) is 6.54 Å². The topological polar surface area (TPSA) is 95.9 Å². The van der Waals surface area contributed by atoms with E-state index >= 15 is 0 Å². The average Bonchev–Trinajstić information content (AvgIpc) is 3.35. The van der Waals surface area contributed by atoms with Crippen LogP contribution in [0.25, 0.3) is 11.1 Å². The number of fused-ring (bicyclic) bond motifs is 3. The Labute approximate surface area is 205 Å². The van der Waals surface area contributed by atoms with Crippen LogP contribution in [0.3, 0.4) is 0 Å². The lowest BCUT2D eigenvalue weighted by molar-refractivity contribution is -0.142. The van der Waals surface area contributed by atoms with E-state index in [0.717, 1.165) is 30.4 Å². The number of nitrogens with one attached hydrogen (secondary N) is 1. The zero-order valence-corrected chi connectivity index (χ0v) is 20.0. The van der Waals surface area contributed by atoms with E-state index in [1.165, 1.54) is 11.1 Å². The Balaban J connectivity index is 1.21. The van der Waals surface area contributed by atoms with Gasteiger partial charge in [-0.25, -0.2) is 4.79 Å². The third-order valence-corrected chi connectivity index (χ3v) is 8.04. The number of ether oxygens (including phenoxy) is 1. The third kappa shape index (κ3) is 4.64. The molecule has 2 N–H and O–H groups in total. The molecule has 5 rings (SSSR count). The molecule has 1 saturated carbocycles. The molecule has 2 aromatic rings. The minimum absolute atomic E-state index is 0.0176. The predicted octanol–water partition coefficient (Wildman–Crippen LogP) is 4.26. The van der Waals surface area contributed by atoms with E-state index in [2.05, 4.69) is 29.6 Å². The van der Waals surface area contributed by atoms with Crippen LogP contribution in [0.5, 0.6) is 0 Å². The van der Waals surface area contributed by atoms with Crippen LogP contribution in [0.1, 0.15) is 49.7 Å². The summed E-state index contributed by atoms with van der Waals surface area (Å²) >= 11 is 0. The Morgan fingerprint density at radius 1 is 1.03 bits per heavy atom. The van der Waals surface area contributed by atoms with Crippen molar-refractivity contribution >= 4 is 18.0 Å². The van der Waals surface area contributed by atoms with Crippen LogP contribution in [0.4, 0.5) is 4.79 Å². The molecular formula is C28H32N2O5. The second kappa shape index (κ2) is 9.72. The Bertz CT molecular complexity index is 1080. The van der Waals surface area contributed by atoms with Gasteiger partial charge in [0.2, 0.25) is 5.91 Å². The average molecular weight is 477 g/mol. The number of aliphatic carboxylic acids is 1. The van der Waals surface area contributed by atoms with Crippen molar-refractivity contribution in [3.8, 4) is 11.1 Å². The number of carbonyl (C=O) groups excluding carboxylic acids is 2. The molecule has 1 heterocycles. The fourth-order valence-electron chi connectivity index (χ4n) is 5.78. The van der Waals surface area contributed by atoms with Crippen molar-refractivity contribution in [1.82, 2.24) is 10.2 Å². The largest absolute Gasteiger partial charge is 0.481 e. The number of amides is 2. The van der Waals surface area contributed by atoms with Crippen molar-refractivity contribution in [3.63, 3.8) is 0 Å². The van der Waals surface area contributed by atoms with Crippen molar-refractivity contribution in [2.24, 2.45) is 17.8 Å². The molecule has 1 saturated heterocycles. The molecule has 0 bridgehead atoms. The van der Waals surface area contributed by atoms with Gasteiger partial charge >= 0.3 is 12.1 Å². The van der Waals surface area contributed by atoms with Crippen molar-refractivity contribution in [2.45, 2.75) is 44.6 Å². The number of nitrogens with zero attached hydrogens (tertiary/aromatic N) is 1. The SMILES string of the molecule is C[C@@H]1CN(C(=O)CC(NC(=O)OCC2c3ccccc3-c3ccccc32)C2CCC2)C[C@H]1C(=O)O. The van der Waals surface area contributed by atoms with E-state index in [9.17, 15) is 19.5 Å². The van der Waals surface area contributed by atoms with Crippen molar-refractivity contribution in [3.05, 3.63) is 59.7 Å². The van der Waals surface area contributed by atoms with E-state index in [1.807, 2.05) is 31.2 Å². The standard InChI is InChI=1S/C28H32N2O5/c1-17-14-30(15-23(17)27(32)33)26(31)13-25(18-7-6-8-18)29-28(34)35-16-24-21-11-4-2-9-19(21)20-10-3-5-12-22(20)24/h2-5,9-12,17-18,23-25H,6-8,13-16H2,1H3,(H,29,34)(H,32,33)/t17-,23-,25?/m1/s1. The van der Waals surface area contributed by atoms with Crippen molar-refractivity contribution < 1.29 is 24.2 Å². The summed E-state index contributed by atoms with van der Waals surface area (Å²) in [6.07, 6.45) is 2.69. The van der Waals surface area contributed by atoms with Crippen molar-refractivity contribution in [1.29, 1.82) is 0 Å². The lowest BCUT2D eigenvalue weighted by Gasteiger charge is -2.34. The lowest BCUT2D eigenvalue weighted by Crippen LogP contribution is -2.46. The molecule has 7 heteroatoms. The van der Waals surface area contributed by atoms with E-state index < -0.39 is 18.0 Å². The first kappa shape index (κ1) is 23.4. The van der Waals surface area contributed by atoms with Gasteiger partial charge in [0.1, 0.15) is 6.61 Å². The second-order valence-electron chi connectivity index (χ2n) is 10.2. The van der Waals surface area contributed by atoms with Crippen LogP contribution in [0.2, 0.25) is 0 Å². The molecule has 2 fully saturated rings. The minimum atomic E-state index is -0.861. The number of likely N-dealkylation sites (tertiary alicyclic amines) is 1. The summed E-state index contributed by atoms with van der Waals surface area (Å²) < 4.78 is 5.71. The number of hydrogen-bond donors (Lipinski definition) is 2. The Morgan fingerprint density at radius 3 is 2.20 bits per heavy atom. The van der Waals surface area contributed by atoms with E-state index in [-0.39, 0.29) is 49.3 Å². The van der Waals surface area contributed by atoms with Gasteiger partial charge < -0.3 is 20.1 Å². The van der Waals surface area contributed by atoms with Crippen LogP contribution in [-0.2, 0) is 14.3 Å². The van der Waals surface area contributed by atoms with Crippen LogP contribution >= 0.6 is 0 Å². The Hall–Kier alpha value is -3.35. The molecule has 2 amide bonds. The first-order chi connectivity index (χ1) is 16.9. The van der Waals surface area contributed by atoms with Gasteiger partial charge in [0.25, 0.3) is 0 Å². The maximum absolute atomic E-state index is 13.0. The summed E-state index contributed by atoms with van der Waals surface area (Å²) in [7, 11) is 0. The van der Waals surface area contributed by atoms with Crippen LogP contribution in [0.15, 0.2) is 48.5 Å². The molecule has 3 atom stereocenters. The van der Waals surface area contributed by atoms with Gasteiger partial charge in [-0.05, 0) is 46.9 Å². The summed E-state index contributed by atoms with van der Waals surface area (Å²) in [5.74, 6) is -1.34. The summed E-state index contributed by atoms with van der Waals surface area (Å²) in [4.78, 5) is 38.9. The summed E-state index contributed by atoms with van der Waals surface area (Å²) in [5.41, 5.74) is 4.66. The quantitative estimate of drug-likeness (QED) is 0.622. The first-order valence-corrected chi connectivity index (χ1v) is 12.5. The normalized spacial score (nSPS) is 22.1. The number of alkyl carbamates (subject to hydrolysis) is 1. The highest BCUT2D eigenvalue weighted by molar-refractivity contribution is 5.81. The van der Waals surface area contributed by atoms with Gasteiger partial charge in [0.15, 0.2) is 0 Å². The van der Waals surface area contributed by atoms with Crippen LogP contribution < -0.4 is 5.32 Å². The van der Waals surface area contributed by atoms with Gasteiger partial charge in [-0.3, -0.25) is 9.59 Å². The van der Waals surface area contributed by atoms with Gasteiger partial charge in [0, 0.05) is 31.5 Å². The molecular weight excluding hydrogens is 444 g/mol. The number of benzene rings is 2. The fraction of sp³-hybridized carbons (Fsp3) is 0.464. The number of hydrogen-bond acceptors (Lipinski definition) is 4. The third-order valence-electron chi connectivity index (χ3n) is 8.04. The minimum Gasteiger partial charge on any atom is -0.481 e. The van der Waals surface area contributed by atoms with Crippen LogP contribution in [0, 0.1) is 17.8 Å². The van der Waals surface area contributed by atoms with Crippen LogP contribution in [-0.4, -0.2) is 53.7 Å². The zero-order chi connectivity index (χ0) is 24.5. The van der Waals surface area contributed by atoms with Crippen molar-refractivity contribution in [2.75, 3.05) is 19.7 Å². The Morgan fingerprint density at radius 2 is 1.66 bits per heavy atom. The Kier molecular flexibility index (Phi) is 6.50. The highest BCUT2D eigenvalue weighted by Gasteiger charge is 2.39. The van der Waals surface area contributed by atoms with Gasteiger partial charge in [-0.15, -0.1) is 0 Å². The monoisotopic (exact) mass is 476 g/mol. The molecule has 184 valence electrons. The lowest BCUT2D eigenvalue weighted by atomic mass is 9.78. The number of carboxylic acid groups (broad SMARTS) is 1. The summed E-state index contributed by atoms with van der Waals surface area (Å²) in [5, 5.41) is 12.3. The highest BCUT2D eigenvalue weighted by Crippen LogP contribution is 2.44. The molecule has 0 radical (unpaired) electrons. The van der Waals surface area contributed by atoms with E-state index in [4.69, 9.17) is 4.74 Å². The maximum atomic E-state index is 13.0. The molecule has 35 heavy (non-hydrogen) atoms. The molecule has 2 aromatic carbocycles. The summed E-state index contributed by atoms with van der Waals surface area (Å²) in [6.45, 7) is 2.77. The molecule has 0 aromatic heterocycles. The fourth-order valence-corrected chi connectivity index (χ4v) is 5.78. The zero-order valence-electron chi connectivity index (χ0n) is 20.0. The predicted molar refractivity (Wildman–Crippen MR) is 131 cm³/mol. The maximum Gasteiger partial charge on any atom is 0.407 e. The number of carboxylic acids is 1. The van der Waals surface area contributed by atoms with Gasteiger partial charge in [0.05, 0.1) is 5.92 Å². The molecule has 0 spiro atoms. The molecule has 2 aliphatic carbocycles. The molecule has 7 nitrogen and oxygen atoms in total. The van der Waals surface area contributed by atoms with E-state index in [1.54, 1.807) is 4.90 Å². The molecule has 1 aliphatic heterocycles. The number of rotatable bonds is 7. The van der Waals surface area contributed by atoms with Gasteiger partial charge in [-0.2, -0.15) is 0 Å².